The van der Waals surface area contributed by atoms with Gasteiger partial charge in [-0.1, -0.05) is 23.8 Å². The highest BCUT2D eigenvalue weighted by Gasteiger charge is 2.07. The average Bonchev–Trinajstić information content (AvgIpc) is 2.60. The molecule has 2 aromatic rings. The average molecular weight is 354 g/mol. The summed E-state index contributed by atoms with van der Waals surface area (Å²) in [7, 11) is 0. The zero-order valence-corrected chi connectivity index (χ0v) is 15.8. The van der Waals surface area contributed by atoms with Gasteiger partial charge in [-0.15, -0.1) is 0 Å². The Morgan fingerprint density at radius 1 is 1.08 bits per heavy atom. The van der Waals surface area contributed by atoms with E-state index in [-0.39, 0.29) is 5.91 Å². The number of benzene rings is 2. The van der Waals surface area contributed by atoms with E-state index in [1.54, 1.807) is 6.21 Å². The van der Waals surface area contributed by atoms with Gasteiger partial charge in [-0.25, -0.2) is 5.43 Å². The van der Waals surface area contributed by atoms with E-state index in [0.29, 0.717) is 25.4 Å². The summed E-state index contributed by atoms with van der Waals surface area (Å²) in [4.78, 5) is 12.1. The van der Waals surface area contributed by atoms with Crippen LogP contribution in [0, 0.1) is 13.8 Å². The van der Waals surface area contributed by atoms with Gasteiger partial charge < -0.3 is 9.47 Å². The van der Waals surface area contributed by atoms with Crippen molar-refractivity contribution < 1.29 is 14.3 Å². The lowest BCUT2D eigenvalue weighted by Crippen LogP contribution is -2.20. The van der Waals surface area contributed by atoms with Crippen molar-refractivity contribution in [1.29, 1.82) is 0 Å². The third kappa shape index (κ3) is 5.62. The fourth-order valence-electron chi connectivity index (χ4n) is 2.59. The molecule has 0 atom stereocenters. The molecule has 0 aliphatic carbocycles. The Balaban J connectivity index is 2.01. The molecule has 0 heterocycles. The number of aryl methyl sites for hydroxylation is 2. The molecule has 0 unspecified atom stereocenters. The first-order valence-electron chi connectivity index (χ1n) is 8.81. The van der Waals surface area contributed by atoms with Crippen molar-refractivity contribution in [3.8, 4) is 11.5 Å². The number of ether oxygens (including phenoxy) is 2. The standard InChI is InChI=1S/C21H26N2O3/c1-5-25-19-10-9-18(20(13-19)26-6-2)14-22-23-21(24)12-17-8-7-15(3)11-16(17)4/h7-11,13-14H,5-6,12H2,1-4H3,(H,23,24)/b22-14+. The third-order valence-corrected chi connectivity index (χ3v) is 3.84. The Morgan fingerprint density at radius 2 is 1.85 bits per heavy atom. The molecule has 5 nitrogen and oxygen atoms in total. The summed E-state index contributed by atoms with van der Waals surface area (Å²) in [5.74, 6) is 1.26. The number of carbonyl (C=O) groups is 1. The van der Waals surface area contributed by atoms with Crippen molar-refractivity contribution in [3.63, 3.8) is 0 Å². The van der Waals surface area contributed by atoms with Crippen molar-refractivity contribution in [3.05, 3.63) is 58.7 Å². The molecular formula is C21H26N2O3. The number of nitrogens with one attached hydrogen (secondary N) is 1. The smallest absolute Gasteiger partial charge is 0.244 e. The molecule has 0 aliphatic rings. The number of hydrogen-bond donors (Lipinski definition) is 1. The molecule has 26 heavy (non-hydrogen) atoms. The van der Waals surface area contributed by atoms with E-state index in [9.17, 15) is 4.79 Å². The minimum atomic E-state index is -0.155. The van der Waals surface area contributed by atoms with Crippen LogP contribution >= 0.6 is 0 Å². The molecule has 0 aromatic heterocycles. The number of nitrogens with zero attached hydrogens (tertiary/aromatic N) is 1. The maximum absolute atomic E-state index is 12.1. The van der Waals surface area contributed by atoms with E-state index in [2.05, 4.69) is 16.6 Å². The van der Waals surface area contributed by atoms with E-state index in [1.165, 1.54) is 5.56 Å². The minimum absolute atomic E-state index is 0.155. The molecular weight excluding hydrogens is 328 g/mol. The Morgan fingerprint density at radius 3 is 2.54 bits per heavy atom. The molecule has 1 N–H and O–H groups in total. The van der Waals surface area contributed by atoms with Gasteiger partial charge in [-0.3, -0.25) is 4.79 Å². The Labute approximate surface area is 155 Å². The normalized spacial score (nSPS) is 10.8. The van der Waals surface area contributed by atoms with Crippen LogP contribution < -0.4 is 14.9 Å². The molecule has 0 bridgehead atoms. The van der Waals surface area contributed by atoms with Crippen molar-refractivity contribution in [2.45, 2.75) is 34.1 Å². The second-order valence-electron chi connectivity index (χ2n) is 5.97. The van der Waals surface area contributed by atoms with E-state index in [0.717, 1.165) is 22.4 Å². The van der Waals surface area contributed by atoms with Crippen LogP contribution in [0.1, 0.15) is 36.1 Å². The van der Waals surface area contributed by atoms with Crippen LogP contribution in [0.25, 0.3) is 0 Å². The van der Waals surface area contributed by atoms with E-state index in [4.69, 9.17) is 9.47 Å². The Bertz CT molecular complexity index is 785. The third-order valence-electron chi connectivity index (χ3n) is 3.84. The van der Waals surface area contributed by atoms with Crippen LogP contribution in [0.4, 0.5) is 0 Å². The number of carbonyl (C=O) groups excluding carboxylic acids is 1. The predicted molar refractivity (Wildman–Crippen MR) is 104 cm³/mol. The lowest BCUT2D eigenvalue weighted by Gasteiger charge is -2.10. The van der Waals surface area contributed by atoms with Crippen LogP contribution in [0.15, 0.2) is 41.5 Å². The zero-order valence-electron chi connectivity index (χ0n) is 15.8. The SMILES string of the molecule is CCOc1ccc(/C=N/NC(=O)Cc2ccc(C)cc2C)c(OCC)c1. The summed E-state index contributed by atoms with van der Waals surface area (Å²) >= 11 is 0. The summed E-state index contributed by atoms with van der Waals surface area (Å²) < 4.78 is 11.1. The molecule has 5 heteroatoms. The van der Waals surface area contributed by atoms with Gasteiger partial charge in [0, 0.05) is 11.6 Å². The second kappa shape index (κ2) is 9.61. The summed E-state index contributed by atoms with van der Waals surface area (Å²) in [5.41, 5.74) is 6.64. The molecule has 0 fully saturated rings. The largest absolute Gasteiger partial charge is 0.494 e. The van der Waals surface area contributed by atoms with Crippen molar-refractivity contribution in [1.82, 2.24) is 5.43 Å². The highest BCUT2D eigenvalue weighted by Crippen LogP contribution is 2.24. The number of rotatable bonds is 8. The fourth-order valence-corrected chi connectivity index (χ4v) is 2.59. The first-order chi connectivity index (χ1) is 12.5. The number of hydrogen-bond acceptors (Lipinski definition) is 4. The maximum atomic E-state index is 12.1. The maximum Gasteiger partial charge on any atom is 0.244 e. The molecule has 138 valence electrons. The predicted octanol–water partition coefficient (Wildman–Crippen LogP) is 3.79. The minimum Gasteiger partial charge on any atom is -0.494 e. The highest BCUT2D eigenvalue weighted by molar-refractivity contribution is 5.86. The van der Waals surface area contributed by atoms with Crippen LogP contribution in [-0.2, 0) is 11.2 Å². The lowest BCUT2D eigenvalue weighted by atomic mass is 10.0. The topological polar surface area (TPSA) is 59.9 Å². The summed E-state index contributed by atoms with van der Waals surface area (Å²) in [6.07, 6.45) is 1.88. The van der Waals surface area contributed by atoms with Crippen LogP contribution in [0.5, 0.6) is 11.5 Å². The molecule has 2 rings (SSSR count). The molecule has 1 amide bonds. The quantitative estimate of drug-likeness (QED) is 0.579. The van der Waals surface area contributed by atoms with E-state index < -0.39 is 0 Å². The number of hydrazone groups is 1. The highest BCUT2D eigenvalue weighted by atomic mass is 16.5. The molecule has 0 saturated heterocycles. The van der Waals surface area contributed by atoms with Gasteiger partial charge in [0.05, 0.1) is 25.8 Å². The molecule has 0 aliphatic heterocycles. The Kier molecular flexibility index (Phi) is 7.21. The molecule has 0 saturated carbocycles. The van der Waals surface area contributed by atoms with Crippen molar-refractivity contribution >= 4 is 12.1 Å². The summed E-state index contributed by atoms with van der Waals surface area (Å²) in [6, 6.07) is 11.6. The van der Waals surface area contributed by atoms with E-state index >= 15 is 0 Å². The molecule has 0 radical (unpaired) electrons. The van der Waals surface area contributed by atoms with Crippen LogP contribution in [0.3, 0.4) is 0 Å². The van der Waals surface area contributed by atoms with Gasteiger partial charge in [-0.05, 0) is 51.0 Å². The van der Waals surface area contributed by atoms with E-state index in [1.807, 2.05) is 58.0 Å². The van der Waals surface area contributed by atoms with Crippen molar-refractivity contribution in [2.24, 2.45) is 5.10 Å². The van der Waals surface area contributed by atoms with Gasteiger partial charge in [0.15, 0.2) is 0 Å². The fraction of sp³-hybridized carbons (Fsp3) is 0.333. The summed E-state index contributed by atoms with van der Waals surface area (Å²) in [5, 5.41) is 4.06. The van der Waals surface area contributed by atoms with Crippen LogP contribution in [-0.4, -0.2) is 25.3 Å². The lowest BCUT2D eigenvalue weighted by molar-refractivity contribution is -0.120. The van der Waals surface area contributed by atoms with Gasteiger partial charge in [0.2, 0.25) is 5.91 Å². The van der Waals surface area contributed by atoms with Gasteiger partial charge in [0.1, 0.15) is 11.5 Å². The van der Waals surface area contributed by atoms with Crippen molar-refractivity contribution in [2.75, 3.05) is 13.2 Å². The molecule has 2 aromatic carbocycles. The monoisotopic (exact) mass is 354 g/mol. The second-order valence-corrected chi connectivity index (χ2v) is 5.97. The zero-order chi connectivity index (χ0) is 18.9. The van der Waals surface area contributed by atoms with Gasteiger partial charge in [-0.2, -0.15) is 5.10 Å². The first-order valence-corrected chi connectivity index (χ1v) is 8.81. The number of amides is 1. The summed E-state index contributed by atoms with van der Waals surface area (Å²) in [6.45, 7) is 9.02. The first kappa shape index (κ1) is 19.5. The Hall–Kier alpha value is -2.82. The van der Waals surface area contributed by atoms with Crippen LogP contribution in [0.2, 0.25) is 0 Å². The van der Waals surface area contributed by atoms with Gasteiger partial charge in [0.25, 0.3) is 0 Å². The molecule has 0 spiro atoms. The van der Waals surface area contributed by atoms with Gasteiger partial charge >= 0.3 is 0 Å².